The number of hydrogen-bond acceptors (Lipinski definition) is 8. The third kappa shape index (κ3) is 7.06. The Morgan fingerprint density at radius 1 is 0.579 bits per heavy atom. The van der Waals surface area contributed by atoms with Gasteiger partial charge in [0.15, 0.2) is 0 Å². The van der Waals surface area contributed by atoms with Gasteiger partial charge in [-0.2, -0.15) is 10.2 Å². The number of hydrogen-bond donors (Lipinski definition) is 2. The Bertz CT molecular complexity index is 1490. The van der Waals surface area contributed by atoms with Gasteiger partial charge in [0.05, 0.1) is 43.9 Å². The normalized spacial score (nSPS) is 11.9. The zero-order valence-electron chi connectivity index (χ0n) is 21.7. The lowest BCUT2D eigenvalue weighted by molar-refractivity contribution is -0.00000796. The summed E-state index contributed by atoms with van der Waals surface area (Å²) in [6, 6.07) is 26.4. The molecule has 10 heteroatoms. The summed E-state index contributed by atoms with van der Waals surface area (Å²) in [6.07, 6.45) is 0. The van der Waals surface area contributed by atoms with Gasteiger partial charge < -0.3 is 23.9 Å². The summed E-state index contributed by atoms with van der Waals surface area (Å²) in [5.74, 6) is 0. The van der Waals surface area contributed by atoms with Crippen LogP contribution in [0.1, 0.15) is 5.56 Å². The minimum atomic E-state index is 0. The zero-order valence-corrected chi connectivity index (χ0v) is 22.5. The molecule has 0 amide bonds. The van der Waals surface area contributed by atoms with E-state index in [2.05, 4.69) is 57.9 Å². The average Bonchev–Trinajstić information content (AvgIpc) is 2.88. The van der Waals surface area contributed by atoms with Crippen molar-refractivity contribution >= 4 is 51.2 Å². The fourth-order valence-electron chi connectivity index (χ4n) is 3.39. The third-order valence-corrected chi connectivity index (χ3v) is 5.53. The van der Waals surface area contributed by atoms with Crippen molar-refractivity contribution in [3.05, 3.63) is 90.5 Å². The topological polar surface area (TPSA) is 126 Å². The summed E-state index contributed by atoms with van der Waals surface area (Å²) in [7, 11) is 6.31. The molecule has 9 nitrogen and oxygen atoms in total. The second-order valence-corrected chi connectivity index (χ2v) is 9.40. The fourth-order valence-corrected chi connectivity index (χ4v) is 3.39. The lowest BCUT2D eigenvalue weighted by Crippen LogP contribution is -3.00. The number of benzene rings is 4. The van der Waals surface area contributed by atoms with E-state index in [9.17, 15) is 0 Å². The first-order valence-electron chi connectivity index (χ1n) is 11.7. The number of aryl methyl sites for hydroxylation is 1. The van der Waals surface area contributed by atoms with Gasteiger partial charge in [-0.05, 0) is 61.0 Å². The molecule has 0 saturated carbocycles. The van der Waals surface area contributed by atoms with Gasteiger partial charge in [-0.1, -0.05) is 30.3 Å². The van der Waals surface area contributed by atoms with Crippen molar-refractivity contribution < 1.29 is 12.4 Å². The molecular formula is C28H30ClN9. The highest BCUT2D eigenvalue weighted by Crippen LogP contribution is 2.40. The SMILES string of the molecule is Cc1ccc(N=Nc2ccc(N)c(N)c2N=Nc2ccccc2)c(N=Nc2cccc([N+](C)(C)C)c2)c1.[Cl-]. The summed E-state index contributed by atoms with van der Waals surface area (Å²) < 4.78 is 0.682. The predicted molar refractivity (Wildman–Crippen MR) is 151 cm³/mol. The van der Waals surface area contributed by atoms with E-state index in [-0.39, 0.29) is 18.1 Å². The van der Waals surface area contributed by atoms with Gasteiger partial charge in [0.25, 0.3) is 0 Å². The van der Waals surface area contributed by atoms with E-state index < -0.39 is 0 Å². The molecule has 0 radical (unpaired) electrons. The molecule has 0 aliphatic rings. The number of halogens is 1. The Balaban J connectivity index is 0.00000400. The highest BCUT2D eigenvalue weighted by atomic mass is 35.5. The standard InChI is InChI=1S/C28H30N9.ClH/c1-19-13-15-24(26(17-19)35-32-21-11-8-12-22(18-21)37(2,3)4)33-34-25-16-14-23(29)27(30)28(25)36-31-20-9-6-5-7-10-20;/h5-18H,29-30H2,1-4H3;1H/q+1;/p-1. The first-order valence-corrected chi connectivity index (χ1v) is 11.7. The Hall–Kier alpha value is -4.47. The van der Waals surface area contributed by atoms with E-state index in [4.69, 9.17) is 11.5 Å². The quantitative estimate of drug-likeness (QED) is 0.184. The monoisotopic (exact) mass is 527 g/mol. The van der Waals surface area contributed by atoms with E-state index in [1.807, 2.05) is 73.7 Å². The predicted octanol–water partition coefficient (Wildman–Crippen LogP) is 5.61. The minimum absolute atomic E-state index is 0. The minimum Gasteiger partial charge on any atom is -1.00 e. The highest BCUT2D eigenvalue weighted by molar-refractivity contribution is 5.85. The van der Waals surface area contributed by atoms with Crippen molar-refractivity contribution in [2.24, 2.45) is 30.7 Å². The smallest absolute Gasteiger partial charge is 0.138 e. The van der Waals surface area contributed by atoms with Crippen molar-refractivity contribution in [2.75, 3.05) is 32.6 Å². The van der Waals surface area contributed by atoms with Gasteiger partial charge in [0.1, 0.15) is 28.4 Å². The summed E-state index contributed by atoms with van der Waals surface area (Å²) >= 11 is 0. The molecule has 4 rings (SSSR count). The number of azo groups is 3. The second-order valence-electron chi connectivity index (χ2n) is 9.40. The van der Waals surface area contributed by atoms with Crippen molar-refractivity contribution in [2.45, 2.75) is 6.92 Å². The van der Waals surface area contributed by atoms with E-state index in [0.717, 1.165) is 16.9 Å². The molecule has 0 aliphatic carbocycles. The first kappa shape index (κ1) is 28.1. The lowest BCUT2D eigenvalue weighted by atomic mass is 10.2. The van der Waals surface area contributed by atoms with E-state index in [0.29, 0.717) is 38.6 Å². The molecule has 0 spiro atoms. The van der Waals surface area contributed by atoms with Crippen molar-refractivity contribution in [3.8, 4) is 0 Å². The summed E-state index contributed by atoms with van der Waals surface area (Å²) in [5.41, 5.74) is 18.4. The molecule has 0 aromatic heterocycles. The number of quaternary nitrogens is 1. The Labute approximate surface area is 228 Å². The van der Waals surface area contributed by atoms with Gasteiger partial charge in [-0.3, -0.25) is 4.48 Å². The molecule has 0 unspecified atom stereocenters. The Morgan fingerprint density at radius 3 is 1.95 bits per heavy atom. The van der Waals surface area contributed by atoms with Gasteiger partial charge in [0.2, 0.25) is 0 Å². The van der Waals surface area contributed by atoms with Crippen LogP contribution in [-0.2, 0) is 0 Å². The van der Waals surface area contributed by atoms with Crippen LogP contribution in [0.5, 0.6) is 0 Å². The number of anilines is 2. The lowest BCUT2D eigenvalue weighted by Gasteiger charge is -2.23. The molecule has 0 aliphatic heterocycles. The number of nitrogen functional groups attached to an aromatic ring is 2. The molecule has 0 heterocycles. The van der Waals surface area contributed by atoms with Crippen molar-refractivity contribution in [1.82, 2.24) is 4.48 Å². The van der Waals surface area contributed by atoms with Crippen LogP contribution in [0.25, 0.3) is 0 Å². The van der Waals surface area contributed by atoms with Crippen LogP contribution in [-0.4, -0.2) is 21.1 Å². The fraction of sp³-hybridized carbons (Fsp3) is 0.143. The number of nitrogens with zero attached hydrogens (tertiary/aromatic N) is 7. The third-order valence-electron chi connectivity index (χ3n) is 5.53. The van der Waals surface area contributed by atoms with Gasteiger partial charge in [-0.15, -0.1) is 20.5 Å². The van der Waals surface area contributed by atoms with Crippen LogP contribution in [0.2, 0.25) is 0 Å². The molecule has 4 aromatic rings. The van der Waals surface area contributed by atoms with Gasteiger partial charge >= 0.3 is 0 Å². The Kier molecular flexibility index (Phi) is 9.01. The largest absolute Gasteiger partial charge is 1.00 e. The average molecular weight is 528 g/mol. The van der Waals surface area contributed by atoms with E-state index in [1.54, 1.807) is 12.1 Å². The van der Waals surface area contributed by atoms with Gasteiger partial charge in [0, 0.05) is 6.07 Å². The highest BCUT2D eigenvalue weighted by Gasteiger charge is 2.12. The van der Waals surface area contributed by atoms with Crippen LogP contribution in [0.3, 0.4) is 0 Å². The van der Waals surface area contributed by atoms with Crippen LogP contribution in [0, 0.1) is 6.92 Å². The molecule has 4 aromatic carbocycles. The molecule has 4 N–H and O–H groups in total. The summed E-state index contributed by atoms with van der Waals surface area (Å²) in [4.78, 5) is 0. The van der Waals surface area contributed by atoms with Crippen LogP contribution in [0.15, 0.2) is 116 Å². The molecule has 194 valence electrons. The molecule has 0 saturated heterocycles. The van der Waals surface area contributed by atoms with Crippen LogP contribution >= 0.6 is 0 Å². The van der Waals surface area contributed by atoms with Crippen LogP contribution in [0.4, 0.5) is 51.2 Å². The van der Waals surface area contributed by atoms with Crippen LogP contribution < -0.4 is 28.4 Å². The molecule has 0 fully saturated rings. The molecule has 0 bridgehead atoms. The molecule has 0 atom stereocenters. The first-order chi connectivity index (χ1) is 17.7. The second kappa shape index (κ2) is 12.2. The maximum atomic E-state index is 6.21. The van der Waals surface area contributed by atoms with E-state index in [1.165, 1.54) is 0 Å². The molecular weight excluding hydrogens is 498 g/mol. The number of nitrogens with two attached hydrogens (primary N) is 2. The summed E-state index contributed by atoms with van der Waals surface area (Å²) in [6.45, 7) is 1.99. The molecule has 38 heavy (non-hydrogen) atoms. The summed E-state index contributed by atoms with van der Waals surface area (Å²) in [5, 5.41) is 26.4. The van der Waals surface area contributed by atoms with Crippen molar-refractivity contribution in [3.63, 3.8) is 0 Å². The van der Waals surface area contributed by atoms with Crippen molar-refractivity contribution in [1.29, 1.82) is 0 Å². The number of rotatable bonds is 7. The maximum absolute atomic E-state index is 6.21. The maximum Gasteiger partial charge on any atom is 0.138 e. The van der Waals surface area contributed by atoms with Gasteiger partial charge in [-0.25, -0.2) is 0 Å². The zero-order chi connectivity index (χ0) is 26.4. The van der Waals surface area contributed by atoms with E-state index >= 15 is 0 Å². The Morgan fingerprint density at radius 2 is 1.21 bits per heavy atom.